The zero-order chi connectivity index (χ0) is 22.1. The van der Waals surface area contributed by atoms with E-state index < -0.39 is 11.3 Å². The van der Waals surface area contributed by atoms with Crippen LogP contribution in [0.25, 0.3) is 0 Å². The number of nitrogens with zero attached hydrogens (tertiary/aromatic N) is 4. The summed E-state index contributed by atoms with van der Waals surface area (Å²) in [5.74, 6) is -0.805. The third kappa shape index (κ3) is 4.62. The molecule has 0 unspecified atom stereocenters. The summed E-state index contributed by atoms with van der Waals surface area (Å²) in [7, 11) is 0. The largest absolute Gasteiger partial charge is 0.381 e. The van der Waals surface area contributed by atoms with Crippen molar-refractivity contribution in [1.82, 2.24) is 9.97 Å². The van der Waals surface area contributed by atoms with Crippen molar-refractivity contribution in [2.24, 2.45) is 0 Å². The van der Waals surface area contributed by atoms with E-state index in [1.807, 2.05) is 18.2 Å². The van der Waals surface area contributed by atoms with E-state index in [2.05, 4.69) is 35.2 Å². The van der Waals surface area contributed by atoms with E-state index in [-0.39, 0.29) is 19.5 Å². The molecule has 2 aromatic heterocycles. The number of alkyl halides is 2. The Kier molecular flexibility index (Phi) is 5.80. The van der Waals surface area contributed by atoms with Crippen molar-refractivity contribution in [3.63, 3.8) is 0 Å². The van der Waals surface area contributed by atoms with Crippen LogP contribution in [0.2, 0.25) is 0 Å². The highest BCUT2D eigenvalue weighted by Gasteiger charge is 2.40. The quantitative estimate of drug-likeness (QED) is 0.742. The Bertz CT molecular complexity index is 982. The van der Waals surface area contributed by atoms with E-state index in [0.29, 0.717) is 49.4 Å². The van der Waals surface area contributed by atoms with Crippen molar-refractivity contribution in [2.45, 2.75) is 50.4 Å². The van der Waals surface area contributed by atoms with E-state index in [4.69, 9.17) is 4.74 Å². The molecule has 2 saturated heterocycles. The summed E-state index contributed by atoms with van der Waals surface area (Å²) in [4.78, 5) is 10.6. The van der Waals surface area contributed by atoms with Gasteiger partial charge in [0.05, 0.1) is 18.0 Å². The van der Waals surface area contributed by atoms with Gasteiger partial charge in [0, 0.05) is 32.4 Å². The molecule has 2 aliphatic heterocycles. The van der Waals surface area contributed by atoms with Crippen molar-refractivity contribution in [1.29, 1.82) is 5.26 Å². The maximum Gasteiger partial charge on any atom is 0.266 e. The number of nitriles is 1. The topological polar surface area (TPSA) is 74.1 Å². The first-order chi connectivity index (χ1) is 14.8. The molecule has 0 spiro atoms. The van der Waals surface area contributed by atoms with Gasteiger partial charge in [0.2, 0.25) is 0 Å². The smallest absolute Gasteiger partial charge is 0.266 e. The van der Waals surface area contributed by atoms with Gasteiger partial charge in [-0.25, -0.2) is 18.7 Å². The van der Waals surface area contributed by atoms with Crippen molar-refractivity contribution in [3.05, 3.63) is 41.6 Å². The monoisotopic (exact) mass is 427 g/mol. The standard InChI is InChI=1S/C23H27F2N5O/c1-16(2)17-3-7-27-19(11-17)28-20-12-18(22(14-26)5-9-31-10-6-22)13-21(29-20)30-8-4-23(24,25)15-30/h3,7,11-13,16H,4-6,8-10,15H2,1-2H3,(H,27,28,29). The van der Waals surface area contributed by atoms with Crippen molar-refractivity contribution >= 4 is 17.5 Å². The Morgan fingerprint density at radius 3 is 2.58 bits per heavy atom. The van der Waals surface area contributed by atoms with Crippen molar-refractivity contribution in [3.8, 4) is 6.07 Å². The minimum absolute atomic E-state index is 0.198. The maximum absolute atomic E-state index is 13.9. The zero-order valence-electron chi connectivity index (χ0n) is 17.9. The number of nitrogens with one attached hydrogen (secondary N) is 1. The fourth-order valence-corrected chi connectivity index (χ4v) is 4.14. The lowest BCUT2D eigenvalue weighted by Crippen LogP contribution is -2.33. The molecule has 0 saturated carbocycles. The molecule has 0 atom stereocenters. The summed E-state index contributed by atoms with van der Waals surface area (Å²) < 4.78 is 33.2. The van der Waals surface area contributed by atoms with Gasteiger partial charge in [0.25, 0.3) is 5.92 Å². The third-order valence-electron chi connectivity index (χ3n) is 6.13. The molecule has 164 valence electrons. The average Bonchev–Trinajstić information content (AvgIpc) is 3.14. The van der Waals surface area contributed by atoms with Gasteiger partial charge in [-0.2, -0.15) is 5.26 Å². The maximum atomic E-state index is 13.9. The summed E-state index contributed by atoms with van der Waals surface area (Å²) >= 11 is 0. The average molecular weight is 427 g/mol. The van der Waals surface area contributed by atoms with Gasteiger partial charge in [-0.05, 0) is 54.2 Å². The highest BCUT2D eigenvalue weighted by molar-refractivity contribution is 5.60. The molecule has 1 N–H and O–H groups in total. The lowest BCUT2D eigenvalue weighted by atomic mass is 9.75. The van der Waals surface area contributed by atoms with Crippen LogP contribution in [0.15, 0.2) is 30.5 Å². The highest BCUT2D eigenvalue weighted by Crippen LogP contribution is 2.38. The number of hydrogen-bond donors (Lipinski definition) is 1. The van der Waals surface area contributed by atoms with Crippen LogP contribution in [0.5, 0.6) is 0 Å². The number of aromatic nitrogens is 2. The van der Waals surface area contributed by atoms with Crippen LogP contribution in [0, 0.1) is 11.3 Å². The number of rotatable bonds is 5. The third-order valence-corrected chi connectivity index (χ3v) is 6.13. The molecule has 31 heavy (non-hydrogen) atoms. The zero-order valence-corrected chi connectivity index (χ0v) is 17.9. The number of pyridine rings is 2. The first-order valence-corrected chi connectivity index (χ1v) is 10.7. The van der Waals surface area contributed by atoms with Gasteiger partial charge >= 0.3 is 0 Å². The molecule has 0 amide bonds. The molecular formula is C23H27F2N5O. The predicted octanol–water partition coefficient (Wildman–Crippen LogP) is 4.76. The predicted molar refractivity (Wildman–Crippen MR) is 115 cm³/mol. The van der Waals surface area contributed by atoms with Gasteiger partial charge in [0.15, 0.2) is 0 Å². The summed E-state index contributed by atoms with van der Waals surface area (Å²) in [6.07, 6.45) is 2.66. The second kappa shape index (κ2) is 8.39. The molecule has 2 fully saturated rings. The minimum atomic E-state index is -2.73. The van der Waals surface area contributed by atoms with Crippen LogP contribution >= 0.6 is 0 Å². The Morgan fingerprint density at radius 2 is 1.94 bits per heavy atom. The molecular weight excluding hydrogens is 400 g/mol. The van der Waals surface area contributed by atoms with Crippen LogP contribution < -0.4 is 10.2 Å². The van der Waals surface area contributed by atoms with Crippen LogP contribution in [-0.2, 0) is 10.2 Å². The van der Waals surface area contributed by atoms with Gasteiger partial charge in [0.1, 0.15) is 17.5 Å². The molecule has 0 radical (unpaired) electrons. The molecule has 4 rings (SSSR count). The molecule has 0 aromatic carbocycles. The molecule has 8 heteroatoms. The summed E-state index contributed by atoms with van der Waals surface area (Å²) in [6.45, 7) is 5.05. The fourth-order valence-electron chi connectivity index (χ4n) is 4.14. The van der Waals surface area contributed by atoms with E-state index in [1.54, 1.807) is 17.2 Å². The number of halogens is 2. The first kappa shape index (κ1) is 21.4. The summed E-state index contributed by atoms with van der Waals surface area (Å²) in [5.41, 5.74) is 1.19. The minimum Gasteiger partial charge on any atom is -0.381 e. The van der Waals surface area contributed by atoms with E-state index in [9.17, 15) is 14.0 Å². The Hall–Kier alpha value is -2.79. The molecule has 6 nitrogen and oxygen atoms in total. The lowest BCUT2D eigenvalue weighted by molar-refractivity contribution is 0.0256. The lowest BCUT2D eigenvalue weighted by Gasteiger charge is -2.32. The molecule has 4 heterocycles. The van der Waals surface area contributed by atoms with E-state index >= 15 is 0 Å². The SMILES string of the molecule is CC(C)c1ccnc(Nc2cc(C3(C#N)CCOCC3)cc(N3CCC(F)(F)C3)n2)c1. The molecule has 2 aliphatic rings. The second-order valence-electron chi connectivity index (χ2n) is 8.69. The van der Waals surface area contributed by atoms with Crippen LogP contribution in [0.4, 0.5) is 26.2 Å². The fraction of sp³-hybridized carbons (Fsp3) is 0.522. The Labute approximate surface area is 181 Å². The number of ether oxygens (including phenoxy) is 1. The number of hydrogen-bond acceptors (Lipinski definition) is 6. The van der Waals surface area contributed by atoms with Crippen LogP contribution in [-0.4, -0.2) is 42.2 Å². The number of anilines is 3. The Balaban J connectivity index is 1.73. The first-order valence-electron chi connectivity index (χ1n) is 10.7. The Morgan fingerprint density at radius 1 is 1.16 bits per heavy atom. The van der Waals surface area contributed by atoms with E-state index in [1.165, 1.54) is 0 Å². The second-order valence-corrected chi connectivity index (χ2v) is 8.69. The van der Waals surface area contributed by atoms with Gasteiger partial charge in [-0.3, -0.25) is 0 Å². The molecule has 0 aliphatic carbocycles. The summed E-state index contributed by atoms with van der Waals surface area (Å²) in [5, 5.41) is 13.2. The normalized spacial score (nSPS) is 19.9. The van der Waals surface area contributed by atoms with E-state index in [0.717, 1.165) is 11.1 Å². The van der Waals surface area contributed by atoms with Gasteiger partial charge < -0.3 is 15.0 Å². The van der Waals surface area contributed by atoms with Crippen molar-refractivity contribution in [2.75, 3.05) is 36.5 Å². The van der Waals surface area contributed by atoms with Gasteiger partial charge in [-0.15, -0.1) is 0 Å². The highest BCUT2D eigenvalue weighted by atomic mass is 19.3. The van der Waals surface area contributed by atoms with Crippen LogP contribution in [0.1, 0.15) is 50.2 Å². The molecule has 0 bridgehead atoms. The summed E-state index contributed by atoms with van der Waals surface area (Å²) in [6, 6.07) is 10.0. The van der Waals surface area contributed by atoms with Crippen molar-refractivity contribution < 1.29 is 13.5 Å². The van der Waals surface area contributed by atoms with Gasteiger partial charge in [-0.1, -0.05) is 13.8 Å². The molecule has 2 aromatic rings. The van der Waals surface area contributed by atoms with Crippen LogP contribution in [0.3, 0.4) is 0 Å².